The first-order valence-corrected chi connectivity index (χ1v) is 7.31. The molecule has 0 spiro atoms. The van der Waals surface area contributed by atoms with Crippen LogP contribution in [-0.4, -0.2) is 10.1 Å². The van der Waals surface area contributed by atoms with Crippen molar-refractivity contribution in [3.8, 4) is 22.2 Å². The first-order valence-electron chi connectivity index (χ1n) is 5.70. The van der Waals surface area contributed by atoms with Gasteiger partial charge >= 0.3 is 0 Å². The molecule has 1 aromatic carbocycles. The van der Waals surface area contributed by atoms with Gasteiger partial charge in [0.15, 0.2) is 0 Å². The molecule has 2 heterocycles. The lowest BCUT2D eigenvalue weighted by molar-refractivity contribution is 0.433. The average molecular weight is 354 g/mol. The van der Waals surface area contributed by atoms with Crippen molar-refractivity contribution >= 4 is 32.3 Å². The summed E-state index contributed by atoms with van der Waals surface area (Å²) in [6.45, 7) is 1.93. The van der Waals surface area contributed by atoms with Crippen LogP contribution >= 0.6 is 27.3 Å². The Hall–Kier alpha value is -1.73. The molecule has 102 valence electrons. The first-order chi connectivity index (χ1) is 9.54. The standard InChI is InChI=1S/C13H9BrFN3OS/c1-6-4-10(16)20-11(6)13-17-12(18-19-13)8-3-2-7(15)5-9(8)14/h2-5H,16H2,1H3. The van der Waals surface area contributed by atoms with E-state index >= 15 is 0 Å². The van der Waals surface area contributed by atoms with Crippen LogP contribution in [0.5, 0.6) is 0 Å². The highest BCUT2D eigenvalue weighted by Gasteiger charge is 2.16. The van der Waals surface area contributed by atoms with Crippen molar-refractivity contribution in [1.82, 2.24) is 10.1 Å². The number of anilines is 1. The van der Waals surface area contributed by atoms with Crippen LogP contribution in [0.1, 0.15) is 5.56 Å². The van der Waals surface area contributed by atoms with Gasteiger partial charge in [-0.25, -0.2) is 4.39 Å². The lowest BCUT2D eigenvalue weighted by atomic mass is 10.2. The van der Waals surface area contributed by atoms with Gasteiger partial charge in [0.1, 0.15) is 5.82 Å². The van der Waals surface area contributed by atoms with E-state index in [2.05, 4.69) is 26.1 Å². The zero-order valence-electron chi connectivity index (χ0n) is 10.4. The number of nitrogens with zero attached hydrogens (tertiary/aromatic N) is 2. The summed E-state index contributed by atoms with van der Waals surface area (Å²) >= 11 is 4.68. The molecular formula is C13H9BrFN3OS. The van der Waals surface area contributed by atoms with Gasteiger partial charge in [-0.3, -0.25) is 0 Å². The van der Waals surface area contributed by atoms with Crippen LogP contribution in [0.25, 0.3) is 22.2 Å². The Bertz CT molecular complexity index is 784. The Labute approximate surface area is 126 Å². The average Bonchev–Trinajstić information content (AvgIpc) is 2.96. The third-order valence-corrected chi connectivity index (χ3v) is 4.44. The number of rotatable bonds is 2. The lowest BCUT2D eigenvalue weighted by Gasteiger charge is -1.98. The van der Waals surface area contributed by atoms with E-state index in [0.29, 0.717) is 26.8 Å². The molecule has 2 aromatic heterocycles. The van der Waals surface area contributed by atoms with E-state index in [0.717, 1.165) is 10.4 Å². The zero-order valence-corrected chi connectivity index (χ0v) is 12.8. The van der Waals surface area contributed by atoms with Crippen LogP contribution in [0.15, 0.2) is 33.3 Å². The van der Waals surface area contributed by atoms with Gasteiger partial charge in [-0.05, 0) is 52.7 Å². The number of thiophene rings is 1. The Morgan fingerprint density at radius 2 is 2.15 bits per heavy atom. The molecule has 3 aromatic rings. The van der Waals surface area contributed by atoms with Gasteiger partial charge in [0.25, 0.3) is 5.89 Å². The van der Waals surface area contributed by atoms with Gasteiger partial charge in [-0.15, -0.1) is 11.3 Å². The first kappa shape index (κ1) is 13.3. The fraction of sp³-hybridized carbons (Fsp3) is 0.0769. The van der Waals surface area contributed by atoms with Crippen molar-refractivity contribution in [3.63, 3.8) is 0 Å². The molecule has 7 heteroatoms. The fourth-order valence-corrected chi connectivity index (χ4v) is 3.20. The van der Waals surface area contributed by atoms with Crippen molar-refractivity contribution in [2.45, 2.75) is 6.92 Å². The molecule has 4 nitrogen and oxygen atoms in total. The van der Waals surface area contributed by atoms with Crippen molar-refractivity contribution in [3.05, 3.63) is 40.1 Å². The number of benzene rings is 1. The summed E-state index contributed by atoms with van der Waals surface area (Å²) in [4.78, 5) is 5.19. The zero-order chi connectivity index (χ0) is 14.3. The molecule has 0 saturated carbocycles. The van der Waals surface area contributed by atoms with E-state index in [9.17, 15) is 4.39 Å². The molecular weight excluding hydrogens is 345 g/mol. The molecule has 2 N–H and O–H groups in total. The minimum Gasteiger partial charge on any atom is -0.391 e. The van der Waals surface area contributed by atoms with E-state index in [1.807, 2.05) is 13.0 Å². The number of nitrogens with two attached hydrogens (primary N) is 1. The van der Waals surface area contributed by atoms with Crippen LogP contribution in [0.2, 0.25) is 0 Å². The molecule has 0 fully saturated rings. The van der Waals surface area contributed by atoms with Crippen molar-refractivity contribution < 1.29 is 8.91 Å². The van der Waals surface area contributed by atoms with Gasteiger partial charge in [0, 0.05) is 10.0 Å². The van der Waals surface area contributed by atoms with Crippen LogP contribution < -0.4 is 5.73 Å². The maximum atomic E-state index is 13.1. The third kappa shape index (κ3) is 2.34. The number of nitrogen functional groups attached to an aromatic ring is 1. The van der Waals surface area contributed by atoms with Crippen LogP contribution in [0, 0.1) is 12.7 Å². The Morgan fingerprint density at radius 3 is 2.80 bits per heavy atom. The molecule has 0 aliphatic rings. The van der Waals surface area contributed by atoms with Gasteiger partial charge < -0.3 is 10.3 Å². The maximum Gasteiger partial charge on any atom is 0.268 e. The van der Waals surface area contributed by atoms with Gasteiger partial charge in [-0.2, -0.15) is 4.98 Å². The van der Waals surface area contributed by atoms with E-state index < -0.39 is 0 Å². The molecule has 0 bridgehead atoms. The van der Waals surface area contributed by atoms with E-state index in [1.165, 1.54) is 23.5 Å². The van der Waals surface area contributed by atoms with E-state index in [-0.39, 0.29) is 5.82 Å². The van der Waals surface area contributed by atoms with E-state index in [1.54, 1.807) is 6.07 Å². The topological polar surface area (TPSA) is 64.9 Å². The molecule has 0 saturated heterocycles. The van der Waals surface area contributed by atoms with Crippen molar-refractivity contribution in [2.75, 3.05) is 5.73 Å². The number of hydrogen-bond donors (Lipinski definition) is 1. The third-order valence-electron chi connectivity index (χ3n) is 2.73. The Kier molecular flexibility index (Phi) is 3.31. The molecule has 0 atom stereocenters. The monoisotopic (exact) mass is 353 g/mol. The quantitative estimate of drug-likeness (QED) is 0.747. The molecule has 20 heavy (non-hydrogen) atoms. The van der Waals surface area contributed by atoms with Crippen LogP contribution in [0.3, 0.4) is 0 Å². The van der Waals surface area contributed by atoms with Gasteiger partial charge in [0.2, 0.25) is 5.82 Å². The highest BCUT2D eigenvalue weighted by molar-refractivity contribution is 9.10. The van der Waals surface area contributed by atoms with Gasteiger partial charge in [0.05, 0.1) is 9.88 Å². The molecule has 3 rings (SSSR count). The second kappa shape index (κ2) is 4.99. The minimum atomic E-state index is -0.328. The van der Waals surface area contributed by atoms with Crippen molar-refractivity contribution in [2.24, 2.45) is 0 Å². The predicted octanol–water partition coefficient (Wildman–Crippen LogP) is 4.26. The smallest absolute Gasteiger partial charge is 0.268 e. The van der Waals surface area contributed by atoms with Crippen molar-refractivity contribution in [1.29, 1.82) is 0 Å². The summed E-state index contributed by atoms with van der Waals surface area (Å²) in [5.74, 6) is 0.486. The second-order valence-corrected chi connectivity index (χ2v) is 6.15. The maximum absolute atomic E-state index is 13.1. The minimum absolute atomic E-state index is 0.328. The van der Waals surface area contributed by atoms with Gasteiger partial charge in [-0.1, -0.05) is 5.16 Å². The number of aromatic nitrogens is 2. The predicted molar refractivity (Wildman–Crippen MR) is 79.9 cm³/mol. The fourth-order valence-electron chi connectivity index (χ4n) is 1.81. The summed E-state index contributed by atoms with van der Waals surface area (Å²) in [6.07, 6.45) is 0. The summed E-state index contributed by atoms with van der Waals surface area (Å²) in [7, 11) is 0. The summed E-state index contributed by atoms with van der Waals surface area (Å²) in [5.41, 5.74) is 7.41. The number of aryl methyl sites for hydroxylation is 1. The number of hydrogen-bond acceptors (Lipinski definition) is 5. The molecule has 0 radical (unpaired) electrons. The highest BCUT2D eigenvalue weighted by Crippen LogP contribution is 2.34. The molecule has 0 aliphatic heterocycles. The lowest BCUT2D eigenvalue weighted by Crippen LogP contribution is -1.84. The largest absolute Gasteiger partial charge is 0.391 e. The summed E-state index contributed by atoms with van der Waals surface area (Å²) in [5, 5.41) is 4.63. The SMILES string of the molecule is Cc1cc(N)sc1-c1nc(-c2ccc(F)cc2Br)no1. The Morgan fingerprint density at radius 1 is 1.35 bits per heavy atom. The van der Waals surface area contributed by atoms with Crippen LogP contribution in [0.4, 0.5) is 9.39 Å². The van der Waals surface area contributed by atoms with E-state index in [4.69, 9.17) is 10.3 Å². The Balaban J connectivity index is 2.04. The molecule has 0 unspecified atom stereocenters. The second-order valence-electron chi connectivity index (χ2n) is 4.21. The molecule has 0 aliphatic carbocycles. The number of halogens is 2. The molecule has 0 amide bonds. The summed E-state index contributed by atoms with van der Waals surface area (Å²) < 4.78 is 18.9. The highest BCUT2D eigenvalue weighted by atomic mass is 79.9. The summed E-state index contributed by atoms with van der Waals surface area (Å²) in [6, 6.07) is 6.17. The van der Waals surface area contributed by atoms with Crippen LogP contribution in [-0.2, 0) is 0 Å². The normalized spacial score (nSPS) is 10.9.